The Morgan fingerprint density at radius 2 is 2.10 bits per heavy atom. The van der Waals surface area contributed by atoms with Gasteiger partial charge in [-0.1, -0.05) is 18.2 Å². The number of thiazole rings is 1. The smallest absolute Gasteiger partial charge is 0.122 e. The lowest BCUT2D eigenvalue weighted by Gasteiger charge is -2.07. The summed E-state index contributed by atoms with van der Waals surface area (Å²) in [6.45, 7) is 5.16. The minimum absolute atomic E-state index is 0.662. The third-order valence-electron chi connectivity index (χ3n) is 3.05. The topological polar surface area (TPSA) is 43.4 Å². The Labute approximate surface area is 130 Å². The summed E-state index contributed by atoms with van der Waals surface area (Å²) < 4.78 is 10.8. The average Bonchev–Trinajstić information content (AvgIpc) is 2.94. The van der Waals surface area contributed by atoms with E-state index in [0.29, 0.717) is 6.61 Å². The quantitative estimate of drug-likeness (QED) is 0.724. The molecule has 0 saturated heterocycles. The van der Waals surface area contributed by atoms with E-state index in [1.165, 1.54) is 10.4 Å². The van der Waals surface area contributed by atoms with E-state index in [-0.39, 0.29) is 0 Å². The van der Waals surface area contributed by atoms with Crippen LogP contribution in [0, 0.1) is 6.92 Å². The molecule has 1 aromatic carbocycles. The van der Waals surface area contributed by atoms with Gasteiger partial charge in [-0.15, -0.1) is 11.3 Å². The summed E-state index contributed by atoms with van der Waals surface area (Å²) >= 11 is 1.74. The summed E-state index contributed by atoms with van der Waals surface area (Å²) in [6.07, 6.45) is 2.78. The number of hydrogen-bond donors (Lipinski definition) is 1. The van der Waals surface area contributed by atoms with Crippen LogP contribution in [-0.4, -0.2) is 31.9 Å². The van der Waals surface area contributed by atoms with Crippen LogP contribution in [0.2, 0.25) is 0 Å². The van der Waals surface area contributed by atoms with Crippen LogP contribution in [0.5, 0.6) is 5.75 Å². The van der Waals surface area contributed by atoms with Gasteiger partial charge in [-0.05, 0) is 18.6 Å². The molecule has 5 heteroatoms. The fourth-order valence-corrected chi connectivity index (χ4v) is 2.77. The van der Waals surface area contributed by atoms with Crippen molar-refractivity contribution in [3.8, 4) is 5.75 Å². The number of aryl methyl sites for hydroxylation is 1. The Morgan fingerprint density at radius 3 is 2.90 bits per heavy atom. The Morgan fingerprint density at radius 1 is 1.24 bits per heavy atom. The van der Waals surface area contributed by atoms with Gasteiger partial charge in [-0.25, -0.2) is 4.98 Å². The van der Waals surface area contributed by atoms with E-state index >= 15 is 0 Å². The van der Waals surface area contributed by atoms with E-state index < -0.39 is 0 Å². The molecule has 0 atom stereocenters. The van der Waals surface area contributed by atoms with Gasteiger partial charge >= 0.3 is 0 Å². The van der Waals surface area contributed by atoms with Crippen molar-refractivity contribution < 1.29 is 9.47 Å². The van der Waals surface area contributed by atoms with Crippen LogP contribution in [-0.2, 0) is 17.7 Å². The van der Waals surface area contributed by atoms with Crippen molar-refractivity contribution in [2.24, 2.45) is 0 Å². The van der Waals surface area contributed by atoms with Crippen LogP contribution in [0.4, 0.5) is 0 Å². The second-order valence-corrected chi connectivity index (χ2v) is 5.95. The maximum atomic E-state index is 5.80. The van der Waals surface area contributed by atoms with E-state index in [0.717, 1.165) is 36.9 Å². The van der Waals surface area contributed by atoms with Crippen LogP contribution in [0.3, 0.4) is 0 Å². The number of methoxy groups -OCH3 is 1. The molecule has 0 aliphatic heterocycles. The summed E-state index contributed by atoms with van der Waals surface area (Å²) in [7, 11) is 1.71. The van der Waals surface area contributed by atoms with Crippen LogP contribution >= 0.6 is 11.3 Å². The predicted octanol–water partition coefficient (Wildman–Crippen LogP) is 2.81. The third-order valence-corrected chi connectivity index (χ3v) is 4.11. The zero-order valence-corrected chi connectivity index (χ0v) is 13.4. The molecule has 1 N–H and O–H groups in total. The van der Waals surface area contributed by atoms with E-state index in [9.17, 15) is 0 Å². The SMILES string of the molecule is COCCNCc1cnc(CCOc2ccccc2C)s1. The van der Waals surface area contributed by atoms with E-state index in [4.69, 9.17) is 9.47 Å². The molecule has 0 fully saturated rings. The first kappa shape index (κ1) is 15.9. The van der Waals surface area contributed by atoms with E-state index in [1.807, 2.05) is 24.4 Å². The molecule has 0 radical (unpaired) electrons. The van der Waals surface area contributed by atoms with Crippen LogP contribution in [0.15, 0.2) is 30.5 Å². The normalized spacial score (nSPS) is 10.8. The molecule has 0 unspecified atom stereocenters. The van der Waals surface area contributed by atoms with Crippen LogP contribution < -0.4 is 10.1 Å². The third kappa shape index (κ3) is 5.46. The van der Waals surface area contributed by atoms with Crippen molar-refractivity contribution in [2.45, 2.75) is 19.9 Å². The highest BCUT2D eigenvalue weighted by Crippen LogP contribution is 2.17. The van der Waals surface area contributed by atoms with Gasteiger partial charge in [0.2, 0.25) is 0 Å². The summed E-state index contributed by atoms with van der Waals surface area (Å²) in [5.74, 6) is 0.954. The monoisotopic (exact) mass is 306 g/mol. The summed E-state index contributed by atoms with van der Waals surface area (Å²) in [6, 6.07) is 8.08. The van der Waals surface area contributed by atoms with Crippen molar-refractivity contribution >= 4 is 11.3 Å². The second-order valence-electron chi connectivity index (χ2n) is 4.75. The highest BCUT2D eigenvalue weighted by Gasteiger charge is 2.03. The van der Waals surface area contributed by atoms with Crippen LogP contribution in [0.25, 0.3) is 0 Å². The molecular weight excluding hydrogens is 284 g/mol. The fraction of sp³-hybridized carbons (Fsp3) is 0.438. The number of nitrogens with one attached hydrogen (secondary N) is 1. The maximum absolute atomic E-state index is 5.80. The minimum Gasteiger partial charge on any atom is -0.493 e. The molecule has 21 heavy (non-hydrogen) atoms. The molecular formula is C16H22N2O2S. The van der Waals surface area contributed by atoms with Gasteiger partial charge in [-0.2, -0.15) is 0 Å². The van der Waals surface area contributed by atoms with Gasteiger partial charge in [0.15, 0.2) is 0 Å². The van der Waals surface area contributed by atoms with Crippen molar-refractivity contribution in [2.75, 3.05) is 26.9 Å². The fourth-order valence-electron chi connectivity index (χ4n) is 1.90. The molecule has 1 heterocycles. The molecule has 114 valence electrons. The first-order valence-electron chi connectivity index (χ1n) is 7.11. The Hall–Kier alpha value is -1.43. The molecule has 0 spiro atoms. The average molecular weight is 306 g/mol. The van der Waals surface area contributed by atoms with E-state index in [1.54, 1.807) is 18.4 Å². The van der Waals surface area contributed by atoms with Crippen molar-refractivity contribution in [1.82, 2.24) is 10.3 Å². The van der Waals surface area contributed by atoms with Gasteiger partial charge < -0.3 is 14.8 Å². The Bertz CT molecular complexity index is 543. The first-order chi connectivity index (χ1) is 10.3. The molecule has 0 amide bonds. The summed E-state index contributed by atoms with van der Waals surface area (Å²) in [4.78, 5) is 5.68. The van der Waals surface area contributed by atoms with Crippen molar-refractivity contribution in [3.05, 3.63) is 45.9 Å². The lowest BCUT2D eigenvalue weighted by atomic mass is 10.2. The Balaban J connectivity index is 1.71. The zero-order chi connectivity index (χ0) is 14.9. The number of aromatic nitrogens is 1. The van der Waals surface area contributed by atoms with Crippen molar-refractivity contribution in [1.29, 1.82) is 0 Å². The molecule has 4 nitrogen and oxygen atoms in total. The molecule has 2 aromatic rings. The number of para-hydroxylation sites is 1. The lowest BCUT2D eigenvalue weighted by Crippen LogP contribution is -2.17. The summed E-state index contributed by atoms with van der Waals surface area (Å²) in [5.41, 5.74) is 1.17. The predicted molar refractivity (Wildman–Crippen MR) is 86.1 cm³/mol. The Kier molecular flexibility index (Phi) is 6.66. The summed E-state index contributed by atoms with van der Waals surface area (Å²) in [5, 5.41) is 4.44. The molecule has 1 aromatic heterocycles. The first-order valence-corrected chi connectivity index (χ1v) is 7.93. The maximum Gasteiger partial charge on any atom is 0.122 e. The number of nitrogens with zero attached hydrogens (tertiary/aromatic N) is 1. The number of rotatable bonds is 9. The number of hydrogen-bond acceptors (Lipinski definition) is 5. The van der Waals surface area contributed by atoms with Gasteiger partial charge in [0.25, 0.3) is 0 Å². The number of ether oxygens (including phenoxy) is 2. The second kappa shape index (κ2) is 8.77. The van der Waals surface area contributed by atoms with Gasteiger partial charge in [0, 0.05) is 37.7 Å². The lowest BCUT2D eigenvalue weighted by molar-refractivity contribution is 0.199. The van der Waals surface area contributed by atoms with Crippen molar-refractivity contribution in [3.63, 3.8) is 0 Å². The largest absolute Gasteiger partial charge is 0.493 e. The highest BCUT2D eigenvalue weighted by molar-refractivity contribution is 7.11. The highest BCUT2D eigenvalue weighted by atomic mass is 32.1. The molecule has 0 aliphatic carbocycles. The molecule has 0 aliphatic rings. The number of benzene rings is 1. The van der Waals surface area contributed by atoms with Gasteiger partial charge in [0.1, 0.15) is 5.75 Å². The van der Waals surface area contributed by atoms with Gasteiger partial charge in [0.05, 0.1) is 18.2 Å². The minimum atomic E-state index is 0.662. The standard InChI is InChI=1S/C16H22N2O2S/c1-13-5-3-4-6-15(13)20-9-7-16-18-12-14(21-16)11-17-8-10-19-2/h3-6,12,17H,7-11H2,1-2H3. The molecule has 0 bridgehead atoms. The van der Waals surface area contributed by atoms with Gasteiger partial charge in [-0.3, -0.25) is 0 Å². The molecule has 2 rings (SSSR count). The van der Waals surface area contributed by atoms with E-state index in [2.05, 4.69) is 23.3 Å². The molecule has 0 saturated carbocycles. The van der Waals surface area contributed by atoms with Crippen LogP contribution in [0.1, 0.15) is 15.4 Å². The zero-order valence-electron chi connectivity index (χ0n) is 12.6.